The zero-order valence-electron chi connectivity index (χ0n) is 12.7. The van der Waals surface area contributed by atoms with E-state index in [9.17, 15) is 0 Å². The number of hydrogen-bond donors (Lipinski definition) is 0. The summed E-state index contributed by atoms with van der Waals surface area (Å²) in [7, 11) is 0. The van der Waals surface area contributed by atoms with Gasteiger partial charge in [0.05, 0.1) is 12.3 Å². The molecule has 3 heterocycles. The maximum Gasteiger partial charge on any atom is 0.198 e. The topological polar surface area (TPSA) is 38.0 Å². The molecule has 0 N–H and O–H groups in total. The van der Waals surface area contributed by atoms with Crippen LogP contribution in [0.5, 0.6) is 5.75 Å². The number of hydrazone groups is 1. The van der Waals surface area contributed by atoms with E-state index < -0.39 is 0 Å². The Kier molecular flexibility index (Phi) is 2.80. The van der Waals surface area contributed by atoms with Crippen molar-refractivity contribution in [2.45, 2.75) is 43.9 Å². The van der Waals surface area contributed by atoms with Crippen molar-refractivity contribution in [3.05, 3.63) is 52.9 Å². The molecule has 0 radical (unpaired) electrons. The maximum atomic E-state index is 6.44. The minimum Gasteiger partial charge on any atom is -0.466 e. The van der Waals surface area contributed by atoms with E-state index in [1.165, 1.54) is 12.8 Å². The monoisotopic (exact) mass is 328 g/mol. The number of fused-ring (bicyclic) bond motifs is 4. The summed E-state index contributed by atoms with van der Waals surface area (Å²) in [5, 5.41) is 7.82. The van der Waals surface area contributed by atoms with Crippen molar-refractivity contribution >= 4 is 17.3 Å². The number of furan rings is 1. The molecule has 5 heteroatoms. The van der Waals surface area contributed by atoms with E-state index in [-0.39, 0.29) is 11.8 Å². The molecule has 1 atom stereocenters. The minimum atomic E-state index is -0.306. The van der Waals surface area contributed by atoms with Crippen molar-refractivity contribution in [3.63, 3.8) is 0 Å². The minimum absolute atomic E-state index is 0.177. The van der Waals surface area contributed by atoms with Crippen LogP contribution in [0.1, 0.15) is 49.5 Å². The van der Waals surface area contributed by atoms with Gasteiger partial charge < -0.3 is 9.15 Å². The summed E-state index contributed by atoms with van der Waals surface area (Å²) in [6.07, 6.45) is 6.91. The number of halogens is 1. The van der Waals surface area contributed by atoms with E-state index in [1.54, 1.807) is 6.26 Å². The highest BCUT2D eigenvalue weighted by atomic mass is 35.5. The first-order valence-electron chi connectivity index (χ1n) is 8.14. The van der Waals surface area contributed by atoms with Crippen molar-refractivity contribution in [2.75, 3.05) is 0 Å². The average Bonchev–Trinajstić information content (AvgIpc) is 3.28. The molecule has 1 aliphatic carbocycles. The van der Waals surface area contributed by atoms with Gasteiger partial charge in [-0.1, -0.05) is 11.6 Å². The molecular formula is C18H17ClN2O2. The van der Waals surface area contributed by atoms with Crippen molar-refractivity contribution < 1.29 is 9.15 Å². The second kappa shape index (κ2) is 4.78. The first-order valence-corrected chi connectivity index (χ1v) is 8.52. The third-order valence-electron chi connectivity index (χ3n) is 5.15. The summed E-state index contributed by atoms with van der Waals surface area (Å²) < 4.78 is 12.0. The van der Waals surface area contributed by atoms with Crippen LogP contribution in [0.4, 0.5) is 0 Å². The SMILES string of the molecule is Clc1ccc2c(c1)[C@H]1CC(c3ccco3)=NN1C1(CCCC1)O2. The highest BCUT2D eigenvalue weighted by molar-refractivity contribution is 6.30. The van der Waals surface area contributed by atoms with Crippen LogP contribution in [-0.2, 0) is 0 Å². The van der Waals surface area contributed by atoms with Crippen molar-refractivity contribution in [1.29, 1.82) is 0 Å². The van der Waals surface area contributed by atoms with Gasteiger partial charge in [-0.2, -0.15) is 5.10 Å². The maximum absolute atomic E-state index is 6.44. The van der Waals surface area contributed by atoms with E-state index in [0.29, 0.717) is 0 Å². The number of benzene rings is 1. The van der Waals surface area contributed by atoms with Crippen LogP contribution in [0, 0.1) is 0 Å². The van der Waals surface area contributed by atoms with Gasteiger partial charge in [0.1, 0.15) is 17.2 Å². The molecule has 1 aromatic carbocycles. The first kappa shape index (κ1) is 13.5. The molecule has 1 saturated carbocycles. The first-order chi connectivity index (χ1) is 11.3. The standard InChI is InChI=1S/C18H17ClN2O2/c19-12-5-6-16-13(10-12)15-11-14(17-4-3-9-22-17)20-21(15)18(23-16)7-1-2-8-18/h3-6,9-10,15H,1-2,7-8,11H2/t15-/m1/s1. The lowest BCUT2D eigenvalue weighted by Crippen LogP contribution is -2.51. The van der Waals surface area contributed by atoms with Gasteiger partial charge in [-0.3, -0.25) is 0 Å². The van der Waals surface area contributed by atoms with Crippen LogP contribution in [-0.4, -0.2) is 16.4 Å². The summed E-state index contributed by atoms with van der Waals surface area (Å²) in [5.41, 5.74) is 1.81. The summed E-state index contributed by atoms with van der Waals surface area (Å²) in [5.74, 6) is 1.80. The molecule has 4 nitrogen and oxygen atoms in total. The Morgan fingerprint density at radius 1 is 1.22 bits per heavy atom. The van der Waals surface area contributed by atoms with Crippen LogP contribution >= 0.6 is 11.6 Å². The van der Waals surface area contributed by atoms with Crippen molar-refractivity contribution in [2.24, 2.45) is 5.10 Å². The van der Waals surface area contributed by atoms with Gasteiger partial charge in [-0.25, -0.2) is 5.01 Å². The molecule has 2 aromatic rings. The van der Waals surface area contributed by atoms with Gasteiger partial charge in [-0.05, 0) is 43.2 Å². The van der Waals surface area contributed by atoms with Gasteiger partial charge in [-0.15, -0.1) is 0 Å². The molecule has 5 rings (SSSR count). The van der Waals surface area contributed by atoms with E-state index in [0.717, 1.165) is 47.1 Å². The fourth-order valence-corrected chi connectivity index (χ4v) is 4.28. The zero-order valence-corrected chi connectivity index (χ0v) is 13.4. The lowest BCUT2D eigenvalue weighted by molar-refractivity contribution is -0.114. The highest BCUT2D eigenvalue weighted by Crippen LogP contribution is 2.52. The number of rotatable bonds is 1. The summed E-state index contributed by atoms with van der Waals surface area (Å²) >= 11 is 6.22. The molecular weight excluding hydrogens is 312 g/mol. The number of hydrogen-bond acceptors (Lipinski definition) is 4. The highest BCUT2D eigenvalue weighted by Gasteiger charge is 2.52. The number of ether oxygens (including phenoxy) is 1. The van der Waals surface area contributed by atoms with Crippen LogP contribution in [0.15, 0.2) is 46.1 Å². The molecule has 1 aromatic heterocycles. The third-order valence-corrected chi connectivity index (χ3v) is 5.38. The molecule has 118 valence electrons. The fourth-order valence-electron chi connectivity index (χ4n) is 4.10. The zero-order chi connectivity index (χ0) is 15.4. The lowest BCUT2D eigenvalue weighted by Gasteiger charge is -2.45. The summed E-state index contributed by atoms with van der Waals surface area (Å²) in [4.78, 5) is 0. The molecule has 1 spiro atoms. The number of nitrogens with zero attached hydrogens (tertiary/aromatic N) is 2. The van der Waals surface area contributed by atoms with Crippen molar-refractivity contribution in [1.82, 2.24) is 5.01 Å². The average molecular weight is 329 g/mol. The van der Waals surface area contributed by atoms with Gasteiger partial charge in [0, 0.05) is 29.8 Å². The quantitative estimate of drug-likeness (QED) is 0.758. The predicted octanol–water partition coefficient (Wildman–Crippen LogP) is 4.75. The third kappa shape index (κ3) is 1.94. The second-order valence-electron chi connectivity index (χ2n) is 6.53. The smallest absolute Gasteiger partial charge is 0.198 e. The van der Waals surface area contributed by atoms with E-state index >= 15 is 0 Å². The van der Waals surface area contributed by atoms with Crippen LogP contribution in [0.2, 0.25) is 5.02 Å². The molecule has 3 aliphatic rings. The fraction of sp³-hybridized carbons (Fsp3) is 0.389. The normalized spacial score (nSPS) is 24.3. The summed E-state index contributed by atoms with van der Waals surface area (Å²) in [6.45, 7) is 0. The largest absolute Gasteiger partial charge is 0.466 e. The van der Waals surface area contributed by atoms with Crippen LogP contribution in [0.3, 0.4) is 0 Å². The second-order valence-corrected chi connectivity index (χ2v) is 6.96. The molecule has 0 bridgehead atoms. The van der Waals surface area contributed by atoms with Gasteiger partial charge in [0.15, 0.2) is 5.72 Å². The van der Waals surface area contributed by atoms with Crippen LogP contribution < -0.4 is 4.74 Å². The van der Waals surface area contributed by atoms with E-state index in [4.69, 9.17) is 25.9 Å². The molecule has 23 heavy (non-hydrogen) atoms. The Hall–Kier alpha value is -1.94. The molecule has 0 amide bonds. The Labute approximate surface area is 139 Å². The van der Waals surface area contributed by atoms with Gasteiger partial charge >= 0.3 is 0 Å². The van der Waals surface area contributed by atoms with Gasteiger partial charge in [0.2, 0.25) is 0 Å². The Bertz CT molecular complexity index is 778. The summed E-state index contributed by atoms with van der Waals surface area (Å²) in [6, 6.07) is 9.97. The van der Waals surface area contributed by atoms with Gasteiger partial charge in [0.25, 0.3) is 0 Å². The van der Waals surface area contributed by atoms with Crippen molar-refractivity contribution in [3.8, 4) is 5.75 Å². The molecule has 2 aliphatic heterocycles. The van der Waals surface area contributed by atoms with E-state index in [1.807, 2.05) is 30.3 Å². The predicted molar refractivity (Wildman–Crippen MR) is 87.7 cm³/mol. The molecule has 0 saturated heterocycles. The van der Waals surface area contributed by atoms with E-state index in [2.05, 4.69) is 5.01 Å². The van der Waals surface area contributed by atoms with Crippen LogP contribution in [0.25, 0.3) is 0 Å². The Morgan fingerprint density at radius 3 is 2.87 bits per heavy atom. The molecule has 0 unspecified atom stereocenters. The Morgan fingerprint density at radius 2 is 2.09 bits per heavy atom. The Balaban J connectivity index is 1.63. The molecule has 1 fully saturated rings. The lowest BCUT2D eigenvalue weighted by atomic mass is 9.95.